The average molecular weight is 150 g/mol. The molecule has 1 aromatic carbocycles. The summed E-state index contributed by atoms with van der Waals surface area (Å²) in [6.45, 7) is 0. The van der Waals surface area contributed by atoms with Crippen LogP contribution in [0, 0.1) is 0 Å². The summed E-state index contributed by atoms with van der Waals surface area (Å²) in [5.41, 5.74) is 0. The molecule has 0 bridgehead atoms. The van der Waals surface area contributed by atoms with E-state index in [1.165, 1.54) is 5.30 Å². The van der Waals surface area contributed by atoms with Crippen molar-refractivity contribution >= 4 is 14.5 Å². The molecule has 1 unspecified atom stereocenters. The molecule has 8 heavy (non-hydrogen) atoms. The molecule has 0 radical (unpaired) electrons. The fourth-order valence-corrected chi connectivity index (χ4v) is 0.675. The summed E-state index contributed by atoms with van der Waals surface area (Å²) in [4.78, 5) is 0. The van der Waals surface area contributed by atoms with Crippen molar-refractivity contribution in [1.29, 1.82) is 0 Å². The SMILES string of the molecule is Pc1ccccc1.[H-].[K+]. The maximum atomic E-state index is 2.63. The molecule has 38 valence electrons. The van der Waals surface area contributed by atoms with Gasteiger partial charge in [-0.3, -0.25) is 0 Å². The predicted octanol–water partition coefficient (Wildman–Crippen LogP) is -1.70. The van der Waals surface area contributed by atoms with E-state index in [0.29, 0.717) is 0 Å². The minimum absolute atomic E-state index is 0. The first kappa shape index (κ1) is 9.29. The van der Waals surface area contributed by atoms with Crippen LogP contribution in [0.15, 0.2) is 30.3 Å². The molecule has 0 heterocycles. The fourth-order valence-electron chi connectivity index (χ4n) is 0.453. The molecule has 0 aliphatic rings. The van der Waals surface area contributed by atoms with E-state index in [0.717, 1.165) is 0 Å². The van der Waals surface area contributed by atoms with Gasteiger partial charge < -0.3 is 1.43 Å². The number of rotatable bonds is 0. The summed E-state index contributed by atoms with van der Waals surface area (Å²) in [5.74, 6) is 0. The second-order valence-electron chi connectivity index (χ2n) is 1.41. The van der Waals surface area contributed by atoms with Gasteiger partial charge >= 0.3 is 51.4 Å². The van der Waals surface area contributed by atoms with Crippen LogP contribution in [0.4, 0.5) is 0 Å². The van der Waals surface area contributed by atoms with Crippen molar-refractivity contribution in [3.8, 4) is 0 Å². The van der Waals surface area contributed by atoms with Gasteiger partial charge in [0, 0.05) is 0 Å². The van der Waals surface area contributed by atoms with E-state index in [9.17, 15) is 0 Å². The third-order valence-corrected chi connectivity index (χ3v) is 1.18. The molecule has 0 saturated heterocycles. The molecule has 0 amide bonds. The normalized spacial score (nSPS) is 7.62. The van der Waals surface area contributed by atoms with E-state index in [2.05, 4.69) is 9.24 Å². The molecule has 1 aromatic rings. The van der Waals surface area contributed by atoms with Crippen molar-refractivity contribution in [2.24, 2.45) is 0 Å². The Balaban J connectivity index is 0. The molecule has 0 nitrogen and oxygen atoms in total. The van der Waals surface area contributed by atoms with Crippen LogP contribution in [-0.2, 0) is 0 Å². The van der Waals surface area contributed by atoms with E-state index < -0.39 is 0 Å². The van der Waals surface area contributed by atoms with Gasteiger partial charge in [-0.05, 0) is 5.30 Å². The number of hydrogen-bond acceptors (Lipinski definition) is 0. The fraction of sp³-hybridized carbons (Fsp3) is 0. The molecule has 1 atom stereocenters. The van der Waals surface area contributed by atoms with Crippen LogP contribution in [0.2, 0.25) is 0 Å². The summed E-state index contributed by atoms with van der Waals surface area (Å²) >= 11 is 0. The Morgan fingerprint density at radius 3 is 1.88 bits per heavy atom. The zero-order valence-electron chi connectivity index (χ0n) is 5.96. The van der Waals surface area contributed by atoms with E-state index >= 15 is 0 Å². The first-order valence-corrected chi connectivity index (χ1v) is 2.78. The van der Waals surface area contributed by atoms with Crippen LogP contribution in [0.1, 0.15) is 1.43 Å². The summed E-state index contributed by atoms with van der Waals surface area (Å²) in [6.07, 6.45) is 0. The Hall–Kier alpha value is 1.29. The van der Waals surface area contributed by atoms with Crippen molar-refractivity contribution in [2.75, 3.05) is 0 Å². The monoisotopic (exact) mass is 150 g/mol. The Morgan fingerprint density at radius 2 is 1.62 bits per heavy atom. The quantitative estimate of drug-likeness (QED) is 0.305. The van der Waals surface area contributed by atoms with Gasteiger partial charge in [0.1, 0.15) is 0 Å². The smallest absolute Gasteiger partial charge is 1.00 e. The van der Waals surface area contributed by atoms with E-state index in [1.54, 1.807) is 0 Å². The van der Waals surface area contributed by atoms with E-state index in [1.807, 2.05) is 30.3 Å². The van der Waals surface area contributed by atoms with Crippen molar-refractivity contribution < 1.29 is 52.8 Å². The van der Waals surface area contributed by atoms with Gasteiger partial charge in [-0.1, -0.05) is 30.3 Å². The molecule has 0 aliphatic heterocycles. The minimum atomic E-state index is 0. The second kappa shape index (κ2) is 5.10. The average Bonchev–Trinajstić information content (AvgIpc) is 1.69. The molecule has 1 rings (SSSR count). The van der Waals surface area contributed by atoms with Crippen LogP contribution in [-0.4, -0.2) is 0 Å². The standard InChI is InChI=1S/C6H7P.K.H/c7-6-4-2-1-3-5-6;;/h1-5H,7H2;;/q;+1;-1. The van der Waals surface area contributed by atoms with Crippen molar-refractivity contribution in [3.05, 3.63) is 30.3 Å². The summed E-state index contributed by atoms with van der Waals surface area (Å²) < 4.78 is 0. The third-order valence-electron chi connectivity index (χ3n) is 0.800. The zero-order chi connectivity index (χ0) is 5.11. The minimum Gasteiger partial charge on any atom is -1.00 e. The maximum absolute atomic E-state index is 2.63. The molecule has 0 aliphatic carbocycles. The van der Waals surface area contributed by atoms with Crippen molar-refractivity contribution in [3.63, 3.8) is 0 Å². The Bertz CT molecular complexity index is 143. The molecule has 0 N–H and O–H groups in total. The van der Waals surface area contributed by atoms with Crippen molar-refractivity contribution in [1.82, 2.24) is 0 Å². The van der Waals surface area contributed by atoms with Gasteiger partial charge in [-0.2, -0.15) is 0 Å². The molecule has 0 spiro atoms. The van der Waals surface area contributed by atoms with Crippen molar-refractivity contribution in [2.45, 2.75) is 0 Å². The van der Waals surface area contributed by atoms with Crippen LogP contribution in [0.5, 0.6) is 0 Å². The van der Waals surface area contributed by atoms with Gasteiger partial charge in [0.2, 0.25) is 0 Å². The summed E-state index contributed by atoms with van der Waals surface area (Å²) in [6, 6.07) is 10.1. The van der Waals surface area contributed by atoms with E-state index in [-0.39, 0.29) is 52.8 Å². The largest absolute Gasteiger partial charge is 1.00 e. The first-order chi connectivity index (χ1) is 3.39. The maximum Gasteiger partial charge on any atom is 1.00 e. The third kappa shape index (κ3) is 3.34. The Labute approximate surface area is 96.2 Å². The van der Waals surface area contributed by atoms with Crippen LogP contribution in [0.3, 0.4) is 0 Å². The van der Waals surface area contributed by atoms with Crippen LogP contribution in [0.25, 0.3) is 0 Å². The molecule has 0 aromatic heterocycles. The molecule has 2 heteroatoms. The van der Waals surface area contributed by atoms with Gasteiger partial charge in [0.15, 0.2) is 0 Å². The Kier molecular flexibility index (Phi) is 5.92. The molecular formula is C6H8KP. The van der Waals surface area contributed by atoms with Gasteiger partial charge in [-0.25, -0.2) is 0 Å². The van der Waals surface area contributed by atoms with Crippen LogP contribution >= 0.6 is 9.24 Å². The Morgan fingerprint density at radius 1 is 1.12 bits per heavy atom. The first-order valence-electron chi connectivity index (χ1n) is 2.20. The number of benzene rings is 1. The molecular weight excluding hydrogens is 142 g/mol. The zero-order valence-corrected chi connectivity index (χ0v) is 9.24. The summed E-state index contributed by atoms with van der Waals surface area (Å²) in [5, 5.41) is 1.24. The van der Waals surface area contributed by atoms with Gasteiger partial charge in [-0.15, -0.1) is 9.24 Å². The molecule has 0 saturated carbocycles. The van der Waals surface area contributed by atoms with Gasteiger partial charge in [0.05, 0.1) is 0 Å². The predicted molar refractivity (Wildman–Crippen MR) is 36.9 cm³/mol. The topological polar surface area (TPSA) is 0 Å². The number of hydrogen-bond donors (Lipinski definition) is 0. The van der Waals surface area contributed by atoms with Crippen LogP contribution < -0.4 is 56.7 Å². The van der Waals surface area contributed by atoms with E-state index in [4.69, 9.17) is 0 Å². The second-order valence-corrected chi connectivity index (χ2v) is 2.08. The van der Waals surface area contributed by atoms with Gasteiger partial charge in [0.25, 0.3) is 0 Å². The molecule has 0 fully saturated rings. The summed E-state index contributed by atoms with van der Waals surface area (Å²) in [7, 11) is 2.63.